The number of anilines is 1. The molecule has 0 bridgehead atoms. The molecule has 3 aliphatic heterocycles. The molecule has 5 heterocycles. The van der Waals surface area contributed by atoms with Crippen LogP contribution in [0.3, 0.4) is 0 Å². The van der Waals surface area contributed by atoms with E-state index in [-0.39, 0.29) is 24.5 Å². The maximum atomic E-state index is 12.5. The van der Waals surface area contributed by atoms with Crippen molar-refractivity contribution in [1.82, 2.24) is 35.3 Å². The van der Waals surface area contributed by atoms with Gasteiger partial charge in [0.25, 0.3) is 0 Å². The van der Waals surface area contributed by atoms with Gasteiger partial charge in [-0.2, -0.15) is 15.1 Å². The highest BCUT2D eigenvalue weighted by atomic mass is 35.5. The van der Waals surface area contributed by atoms with Crippen LogP contribution in [-0.4, -0.2) is 94.3 Å². The van der Waals surface area contributed by atoms with E-state index in [1.807, 2.05) is 19.2 Å². The number of ether oxygens (including phenoxy) is 1. The number of carbonyl (C=O) groups excluding carboxylic acids is 1. The third-order valence-electron chi connectivity index (χ3n) is 8.84. The highest BCUT2D eigenvalue weighted by molar-refractivity contribution is 6.33. The Balaban J connectivity index is 1.35. The molecule has 12 heteroatoms. The molecule has 11 nitrogen and oxygen atoms in total. The summed E-state index contributed by atoms with van der Waals surface area (Å²) in [6.45, 7) is 17.1. The van der Waals surface area contributed by atoms with Gasteiger partial charge in [-0.1, -0.05) is 18.2 Å². The summed E-state index contributed by atoms with van der Waals surface area (Å²) >= 11 is 6.89. The first-order valence-corrected chi connectivity index (χ1v) is 14.8. The molecule has 3 aromatic rings. The molecule has 2 saturated heterocycles. The zero-order chi connectivity index (χ0) is 29.4. The predicted octanol–water partition coefficient (Wildman–Crippen LogP) is 3.30. The molecule has 1 amide bonds. The van der Waals surface area contributed by atoms with Crippen molar-refractivity contribution in [3.05, 3.63) is 63.7 Å². The molecular formula is C30H36ClN9O2. The number of benzene rings is 1. The Hall–Kier alpha value is -3.72. The zero-order valence-electron chi connectivity index (χ0n) is 24.1. The molecule has 6 rings (SSSR count). The van der Waals surface area contributed by atoms with Gasteiger partial charge in [0, 0.05) is 60.7 Å². The average molecular weight is 590 g/mol. The minimum atomic E-state index is -0.256. The van der Waals surface area contributed by atoms with Gasteiger partial charge in [-0.05, 0) is 56.6 Å². The number of nitrogens with one attached hydrogen (secondary N) is 2. The number of halogens is 1. The first-order valence-electron chi connectivity index (χ1n) is 14.5. The first-order chi connectivity index (χ1) is 20.4. The number of aryl methyl sites for hydroxylation is 1. The number of aromatic amines is 1. The lowest BCUT2D eigenvalue weighted by atomic mass is 9.92. The topological polar surface area (TPSA) is 107 Å². The fraction of sp³-hybridized carbons (Fsp3) is 0.500. The second kappa shape index (κ2) is 11.9. The van der Waals surface area contributed by atoms with Crippen LogP contribution in [0.1, 0.15) is 41.3 Å². The molecule has 0 radical (unpaired) electrons. The second-order valence-corrected chi connectivity index (χ2v) is 11.8. The summed E-state index contributed by atoms with van der Waals surface area (Å²) in [6, 6.07) is 2.39. The number of amides is 1. The third-order valence-corrected chi connectivity index (χ3v) is 9.34. The average Bonchev–Trinajstić information content (AvgIpc) is 3.63. The lowest BCUT2D eigenvalue weighted by molar-refractivity contribution is -0.128. The number of nitrogens with zero attached hydrogens (tertiary/aromatic N) is 7. The minimum absolute atomic E-state index is 0.0708. The summed E-state index contributed by atoms with van der Waals surface area (Å²) in [6.07, 6.45) is 6.00. The lowest BCUT2D eigenvalue weighted by Gasteiger charge is -2.40. The van der Waals surface area contributed by atoms with E-state index in [0.29, 0.717) is 51.3 Å². The molecule has 220 valence electrons. The Morgan fingerprint density at radius 3 is 2.93 bits per heavy atom. The van der Waals surface area contributed by atoms with E-state index in [2.05, 4.69) is 43.8 Å². The Bertz CT molecular complexity index is 1550. The van der Waals surface area contributed by atoms with Crippen molar-refractivity contribution < 1.29 is 9.53 Å². The van der Waals surface area contributed by atoms with E-state index in [0.717, 1.165) is 63.5 Å². The van der Waals surface area contributed by atoms with Crippen molar-refractivity contribution in [3.63, 3.8) is 0 Å². The van der Waals surface area contributed by atoms with Crippen LogP contribution in [-0.2, 0) is 17.8 Å². The number of carbonyl (C=O) groups is 1. The van der Waals surface area contributed by atoms with Gasteiger partial charge in [-0.25, -0.2) is 6.57 Å². The number of aromatic nitrogens is 4. The molecule has 1 unspecified atom stereocenters. The van der Waals surface area contributed by atoms with Crippen LogP contribution in [0.5, 0.6) is 6.01 Å². The normalized spacial score (nSPS) is 22.7. The molecule has 2 N–H and O–H groups in total. The lowest BCUT2D eigenvalue weighted by Crippen LogP contribution is -2.56. The molecular weight excluding hydrogens is 554 g/mol. The van der Waals surface area contributed by atoms with Crippen LogP contribution in [0.4, 0.5) is 5.82 Å². The molecule has 2 aromatic heterocycles. The SMILES string of the molecule is [C-]#[N+]C[C@H]1CN(c2nc(OC[C@@H]3CCCN3C)nc3c2CNC(c2c(Cl)c(C)cc4[nH]ncc24)C3)CCN1C(=O)C=C. The van der Waals surface area contributed by atoms with Gasteiger partial charge in [-0.15, -0.1) is 0 Å². The van der Waals surface area contributed by atoms with Crippen LogP contribution in [0.15, 0.2) is 24.9 Å². The molecule has 2 fully saturated rings. The number of fused-ring (bicyclic) bond motifs is 2. The van der Waals surface area contributed by atoms with Crippen molar-refractivity contribution in [2.24, 2.45) is 0 Å². The number of rotatable bonds is 7. The van der Waals surface area contributed by atoms with Gasteiger partial charge in [0.15, 0.2) is 0 Å². The van der Waals surface area contributed by atoms with E-state index >= 15 is 0 Å². The Morgan fingerprint density at radius 1 is 1.31 bits per heavy atom. The monoisotopic (exact) mass is 589 g/mol. The summed E-state index contributed by atoms with van der Waals surface area (Å²) in [7, 11) is 2.13. The van der Waals surface area contributed by atoms with E-state index < -0.39 is 0 Å². The molecule has 3 atom stereocenters. The van der Waals surface area contributed by atoms with Gasteiger partial charge >= 0.3 is 6.01 Å². The number of piperazine rings is 1. The number of H-pyrrole nitrogens is 1. The molecule has 0 spiro atoms. The van der Waals surface area contributed by atoms with E-state index in [1.165, 1.54) is 6.08 Å². The number of hydrogen-bond acceptors (Lipinski definition) is 8. The van der Waals surface area contributed by atoms with Gasteiger partial charge in [0.1, 0.15) is 18.5 Å². The molecule has 0 aliphatic carbocycles. The van der Waals surface area contributed by atoms with Crippen molar-refractivity contribution in [3.8, 4) is 6.01 Å². The van der Waals surface area contributed by atoms with E-state index in [4.69, 9.17) is 32.9 Å². The maximum Gasteiger partial charge on any atom is 0.318 e. The summed E-state index contributed by atoms with van der Waals surface area (Å²) < 4.78 is 6.27. The molecule has 42 heavy (non-hydrogen) atoms. The van der Waals surface area contributed by atoms with Crippen molar-refractivity contribution in [2.75, 3.05) is 51.3 Å². The third kappa shape index (κ3) is 5.30. The Labute approximate surface area is 250 Å². The fourth-order valence-corrected chi connectivity index (χ4v) is 6.80. The predicted molar refractivity (Wildman–Crippen MR) is 162 cm³/mol. The largest absolute Gasteiger partial charge is 0.462 e. The van der Waals surface area contributed by atoms with Crippen molar-refractivity contribution in [1.29, 1.82) is 0 Å². The first kappa shape index (κ1) is 28.4. The summed E-state index contributed by atoms with van der Waals surface area (Å²) in [5, 5.41) is 12.7. The fourth-order valence-electron chi connectivity index (χ4n) is 6.52. The van der Waals surface area contributed by atoms with Crippen molar-refractivity contribution in [2.45, 2.75) is 50.9 Å². The molecule has 0 saturated carbocycles. The Kier molecular flexibility index (Phi) is 8.03. The quantitative estimate of drug-likeness (QED) is 0.319. The minimum Gasteiger partial charge on any atom is -0.462 e. The standard InChI is InChI=1S/C30H36ClN9O2/c1-5-26(41)40-10-9-39(16-20(40)13-32-3)29-22-14-33-25(27-21-15-34-37-24(21)11-18(2)28(27)31)12-23(22)35-30(36-29)42-17-19-7-6-8-38(19)4/h5,11,15,19-20,25,33H,1,6-10,12-14,16-17H2,2,4H3,(H,34,37)/t19-,20-,25?/m0/s1. The highest BCUT2D eigenvalue weighted by Crippen LogP contribution is 2.39. The summed E-state index contributed by atoms with van der Waals surface area (Å²) in [4.78, 5) is 32.3. The van der Waals surface area contributed by atoms with E-state index in [1.54, 1.807) is 4.90 Å². The van der Waals surface area contributed by atoms with Crippen molar-refractivity contribution >= 4 is 34.2 Å². The Morgan fingerprint density at radius 2 is 2.17 bits per heavy atom. The summed E-state index contributed by atoms with van der Waals surface area (Å²) in [5.74, 6) is 0.646. The van der Waals surface area contributed by atoms with Gasteiger partial charge in [0.2, 0.25) is 12.5 Å². The van der Waals surface area contributed by atoms with Crippen LogP contribution < -0.4 is 15.0 Å². The van der Waals surface area contributed by atoms with Gasteiger partial charge < -0.3 is 29.6 Å². The smallest absolute Gasteiger partial charge is 0.318 e. The maximum absolute atomic E-state index is 12.5. The number of hydrogen-bond donors (Lipinski definition) is 2. The van der Waals surface area contributed by atoms with Crippen LogP contribution >= 0.6 is 11.6 Å². The number of likely N-dealkylation sites (tertiary alicyclic amines) is 1. The zero-order valence-corrected chi connectivity index (χ0v) is 24.8. The summed E-state index contributed by atoms with van der Waals surface area (Å²) in [5.41, 5.74) is 4.87. The van der Waals surface area contributed by atoms with Crippen LogP contribution in [0, 0.1) is 13.5 Å². The molecule has 3 aliphatic rings. The van der Waals surface area contributed by atoms with Crippen LogP contribution in [0.25, 0.3) is 15.7 Å². The molecule has 1 aromatic carbocycles. The van der Waals surface area contributed by atoms with Crippen LogP contribution in [0.2, 0.25) is 5.02 Å². The van der Waals surface area contributed by atoms with Gasteiger partial charge in [-0.3, -0.25) is 9.89 Å². The second-order valence-electron chi connectivity index (χ2n) is 11.4. The van der Waals surface area contributed by atoms with E-state index in [9.17, 15) is 4.79 Å². The van der Waals surface area contributed by atoms with Gasteiger partial charge in [0.05, 0.1) is 17.4 Å². The number of likely N-dealkylation sites (N-methyl/N-ethyl adjacent to an activating group) is 1. The highest BCUT2D eigenvalue weighted by Gasteiger charge is 2.36.